The van der Waals surface area contributed by atoms with Crippen molar-refractivity contribution in [1.82, 2.24) is 20.1 Å². The first-order valence-electron chi connectivity index (χ1n) is 9.86. The molecule has 0 bridgehead atoms. The minimum atomic E-state index is -0.743. The molecule has 1 heterocycles. The Morgan fingerprint density at radius 3 is 2.61 bits per heavy atom. The van der Waals surface area contributed by atoms with Crippen LogP contribution in [0, 0.1) is 20.8 Å². The number of hydrogen-bond acceptors (Lipinski definition) is 7. The average molecular weight is 488 g/mol. The number of urea groups is 1. The summed E-state index contributed by atoms with van der Waals surface area (Å²) in [4.78, 5) is 36.0. The Labute approximate surface area is 199 Å². The van der Waals surface area contributed by atoms with E-state index >= 15 is 0 Å². The Hall–Kier alpha value is -3.37. The minimum Gasteiger partial charge on any atom is -0.455 e. The summed E-state index contributed by atoms with van der Waals surface area (Å²) >= 11 is 7.27. The van der Waals surface area contributed by atoms with Crippen LogP contribution in [0.25, 0.3) is 5.69 Å². The van der Waals surface area contributed by atoms with Gasteiger partial charge in [0.1, 0.15) is 6.33 Å². The molecule has 1 aromatic heterocycles. The molecular formula is C22H22ClN5O4S. The largest absolute Gasteiger partial charge is 0.455 e. The highest BCUT2D eigenvalue weighted by Crippen LogP contribution is 2.23. The predicted molar refractivity (Wildman–Crippen MR) is 126 cm³/mol. The molecule has 33 heavy (non-hydrogen) atoms. The lowest BCUT2D eigenvalue weighted by atomic mass is 10.1. The van der Waals surface area contributed by atoms with Crippen LogP contribution >= 0.6 is 23.4 Å². The van der Waals surface area contributed by atoms with Gasteiger partial charge in [-0.05, 0) is 50.1 Å². The van der Waals surface area contributed by atoms with Crippen molar-refractivity contribution in [2.75, 3.05) is 17.7 Å². The van der Waals surface area contributed by atoms with Crippen LogP contribution < -0.4 is 10.6 Å². The second-order valence-corrected chi connectivity index (χ2v) is 8.54. The smallest absolute Gasteiger partial charge is 0.325 e. The molecule has 0 saturated carbocycles. The van der Waals surface area contributed by atoms with E-state index in [0.29, 0.717) is 15.9 Å². The highest BCUT2D eigenvalue weighted by atomic mass is 35.5. The summed E-state index contributed by atoms with van der Waals surface area (Å²) in [7, 11) is 0. The second kappa shape index (κ2) is 11.0. The molecule has 9 nitrogen and oxygen atoms in total. The van der Waals surface area contributed by atoms with Gasteiger partial charge in [-0.2, -0.15) is 0 Å². The van der Waals surface area contributed by atoms with Gasteiger partial charge in [0.2, 0.25) is 0 Å². The number of thioether (sulfide) groups is 1. The number of aromatic nitrogens is 3. The first-order valence-corrected chi connectivity index (χ1v) is 11.2. The number of anilines is 1. The number of nitrogens with zero attached hydrogens (tertiary/aromatic N) is 3. The van der Waals surface area contributed by atoms with Gasteiger partial charge in [0.05, 0.1) is 11.4 Å². The first kappa shape index (κ1) is 24.3. The van der Waals surface area contributed by atoms with E-state index in [0.717, 1.165) is 34.1 Å². The van der Waals surface area contributed by atoms with Gasteiger partial charge in [-0.25, -0.2) is 4.79 Å². The van der Waals surface area contributed by atoms with Crippen LogP contribution in [0.1, 0.15) is 16.7 Å². The van der Waals surface area contributed by atoms with E-state index < -0.39 is 24.5 Å². The van der Waals surface area contributed by atoms with E-state index in [-0.39, 0.29) is 5.75 Å². The summed E-state index contributed by atoms with van der Waals surface area (Å²) in [5.74, 6) is -1.48. The number of carbonyl (C=O) groups is 3. The van der Waals surface area contributed by atoms with Crippen LogP contribution in [0.15, 0.2) is 47.9 Å². The lowest BCUT2D eigenvalue weighted by Gasteiger charge is -2.10. The van der Waals surface area contributed by atoms with Crippen molar-refractivity contribution in [2.45, 2.75) is 25.9 Å². The Balaban J connectivity index is 1.45. The van der Waals surface area contributed by atoms with Gasteiger partial charge in [-0.15, -0.1) is 10.2 Å². The second-order valence-electron chi connectivity index (χ2n) is 7.19. The molecule has 0 unspecified atom stereocenters. The summed E-state index contributed by atoms with van der Waals surface area (Å²) in [6, 6.07) is 10.3. The number of ether oxygens (including phenoxy) is 1. The van der Waals surface area contributed by atoms with E-state index in [1.54, 1.807) is 16.7 Å². The highest BCUT2D eigenvalue weighted by Gasteiger charge is 2.15. The van der Waals surface area contributed by atoms with Crippen molar-refractivity contribution in [1.29, 1.82) is 0 Å². The monoisotopic (exact) mass is 487 g/mol. The molecule has 11 heteroatoms. The Kier molecular flexibility index (Phi) is 8.07. The molecule has 3 aromatic rings. The molecule has 0 aliphatic rings. The number of esters is 1. The summed E-state index contributed by atoms with van der Waals surface area (Å²) < 4.78 is 6.63. The molecule has 0 saturated heterocycles. The number of hydrogen-bond donors (Lipinski definition) is 2. The average Bonchev–Trinajstić information content (AvgIpc) is 3.23. The van der Waals surface area contributed by atoms with Crippen LogP contribution in [-0.2, 0) is 14.3 Å². The maximum atomic E-state index is 12.0. The van der Waals surface area contributed by atoms with Crippen molar-refractivity contribution < 1.29 is 19.1 Å². The van der Waals surface area contributed by atoms with E-state index in [1.807, 2.05) is 45.0 Å². The van der Waals surface area contributed by atoms with Crippen molar-refractivity contribution in [3.05, 3.63) is 64.4 Å². The normalized spacial score (nSPS) is 10.5. The van der Waals surface area contributed by atoms with Crippen molar-refractivity contribution in [2.24, 2.45) is 0 Å². The number of imide groups is 1. The lowest BCUT2D eigenvalue weighted by Crippen LogP contribution is -2.37. The quantitative estimate of drug-likeness (QED) is 0.384. The third-order valence-corrected chi connectivity index (χ3v) is 5.84. The summed E-state index contributed by atoms with van der Waals surface area (Å²) in [6.45, 7) is 5.10. The van der Waals surface area contributed by atoms with Gasteiger partial charge in [0, 0.05) is 10.7 Å². The van der Waals surface area contributed by atoms with Gasteiger partial charge >= 0.3 is 12.0 Å². The zero-order valence-electron chi connectivity index (χ0n) is 18.2. The van der Waals surface area contributed by atoms with Crippen LogP contribution in [0.5, 0.6) is 0 Å². The molecule has 0 aliphatic carbocycles. The van der Waals surface area contributed by atoms with Crippen molar-refractivity contribution in [3.63, 3.8) is 0 Å². The highest BCUT2D eigenvalue weighted by molar-refractivity contribution is 7.99. The van der Waals surface area contributed by atoms with E-state index in [4.69, 9.17) is 16.3 Å². The maximum Gasteiger partial charge on any atom is 0.325 e. The Bertz CT molecular complexity index is 1200. The maximum absolute atomic E-state index is 12.0. The summed E-state index contributed by atoms with van der Waals surface area (Å²) in [5.41, 5.74) is 4.19. The van der Waals surface area contributed by atoms with Crippen molar-refractivity contribution in [3.8, 4) is 5.69 Å². The molecule has 3 amide bonds. The molecule has 0 atom stereocenters. The van der Waals surface area contributed by atoms with Crippen molar-refractivity contribution >= 4 is 47.0 Å². The number of nitrogens with one attached hydrogen (secondary N) is 2. The van der Waals surface area contributed by atoms with Gasteiger partial charge in [-0.3, -0.25) is 19.5 Å². The molecular weight excluding hydrogens is 466 g/mol. The fraction of sp³-hybridized carbons (Fsp3) is 0.227. The fourth-order valence-corrected chi connectivity index (χ4v) is 3.71. The standard InChI is InChI=1S/C22H22ClN5O4S/c1-13-4-7-18(15(3)8-13)25-21(31)26-19(29)10-32-20(30)11-33-22-27-24-12-28(22)16-6-5-14(2)17(23)9-16/h4-9,12H,10-11H2,1-3H3,(H2,25,26,29,31). The van der Waals surface area contributed by atoms with Gasteiger partial charge in [-0.1, -0.05) is 47.1 Å². The van der Waals surface area contributed by atoms with Gasteiger partial charge < -0.3 is 10.1 Å². The third kappa shape index (κ3) is 6.80. The SMILES string of the molecule is Cc1ccc(NC(=O)NC(=O)COC(=O)CSc2nncn2-c2ccc(C)c(Cl)c2)c(C)c1. The van der Waals surface area contributed by atoms with Crippen LogP contribution in [-0.4, -0.2) is 45.0 Å². The minimum absolute atomic E-state index is 0.0969. The topological polar surface area (TPSA) is 115 Å². The number of rotatable bonds is 7. The third-order valence-electron chi connectivity index (χ3n) is 4.52. The summed E-state index contributed by atoms with van der Waals surface area (Å²) in [5, 5.41) is 13.6. The number of aryl methyl sites for hydroxylation is 3. The fourth-order valence-electron chi connectivity index (χ4n) is 2.81. The van der Waals surface area contributed by atoms with E-state index in [9.17, 15) is 14.4 Å². The van der Waals surface area contributed by atoms with E-state index in [1.165, 1.54) is 6.33 Å². The van der Waals surface area contributed by atoms with E-state index in [2.05, 4.69) is 20.8 Å². The summed E-state index contributed by atoms with van der Waals surface area (Å²) in [6.07, 6.45) is 1.51. The zero-order valence-corrected chi connectivity index (χ0v) is 19.8. The molecule has 3 rings (SSSR count). The first-order chi connectivity index (χ1) is 15.7. The molecule has 0 spiro atoms. The van der Waals surface area contributed by atoms with Gasteiger partial charge in [0.15, 0.2) is 11.8 Å². The Morgan fingerprint density at radius 2 is 1.88 bits per heavy atom. The van der Waals surface area contributed by atoms with Gasteiger partial charge in [0.25, 0.3) is 5.91 Å². The molecule has 172 valence electrons. The Morgan fingerprint density at radius 1 is 1.09 bits per heavy atom. The molecule has 0 fully saturated rings. The van der Waals surface area contributed by atoms with Crippen LogP contribution in [0.3, 0.4) is 0 Å². The number of carbonyl (C=O) groups excluding carboxylic acids is 3. The predicted octanol–water partition coefficient (Wildman–Crippen LogP) is 3.83. The molecule has 0 aliphatic heterocycles. The number of halogens is 1. The molecule has 2 aromatic carbocycles. The lowest BCUT2D eigenvalue weighted by molar-refractivity contribution is -0.145. The molecule has 0 radical (unpaired) electrons. The number of amides is 3. The zero-order chi connectivity index (χ0) is 24.0. The number of benzene rings is 2. The van der Waals surface area contributed by atoms with Crippen LogP contribution in [0.4, 0.5) is 10.5 Å². The van der Waals surface area contributed by atoms with Crippen LogP contribution in [0.2, 0.25) is 5.02 Å². The molecule has 2 N–H and O–H groups in total.